The summed E-state index contributed by atoms with van der Waals surface area (Å²) in [5.74, 6) is -0.646. The highest BCUT2D eigenvalue weighted by molar-refractivity contribution is 6.41. The van der Waals surface area contributed by atoms with Crippen molar-refractivity contribution in [1.82, 2.24) is 0 Å². The molecule has 4 nitrogen and oxygen atoms in total. The van der Waals surface area contributed by atoms with Crippen molar-refractivity contribution >= 4 is 11.6 Å². The number of Topliss-reactive ketones (excluding diaryl/α,β-unsaturated/α-hetero) is 2. The van der Waals surface area contributed by atoms with E-state index < -0.39 is 0 Å². The normalized spacial score (nSPS) is 26.7. The van der Waals surface area contributed by atoms with Gasteiger partial charge in [0, 0.05) is 11.8 Å². The van der Waals surface area contributed by atoms with Gasteiger partial charge in [-0.1, -0.05) is 60.7 Å². The molecule has 2 bridgehead atoms. The first-order valence-electron chi connectivity index (χ1n) is 9.55. The lowest BCUT2D eigenvalue weighted by Gasteiger charge is -2.29. The van der Waals surface area contributed by atoms with Crippen LogP contribution in [0.3, 0.4) is 0 Å². The third-order valence-electron chi connectivity index (χ3n) is 5.85. The first-order valence-corrected chi connectivity index (χ1v) is 9.55. The number of benzene rings is 2. The first kappa shape index (κ1) is 18.1. The minimum Gasteiger partial charge on any atom is -0.376 e. The molecule has 4 heteroatoms. The number of hydrogen-bond acceptors (Lipinski definition) is 4. The highest BCUT2D eigenvalue weighted by atomic mass is 16.5. The molecule has 2 fully saturated rings. The number of carbonyl (C=O) groups excluding carboxylic acids is 2. The van der Waals surface area contributed by atoms with E-state index in [-0.39, 0.29) is 35.2 Å². The van der Waals surface area contributed by atoms with Gasteiger partial charge in [-0.2, -0.15) is 0 Å². The highest BCUT2D eigenvalue weighted by Crippen LogP contribution is 2.49. The molecule has 4 rings (SSSR count). The van der Waals surface area contributed by atoms with Crippen molar-refractivity contribution in [2.75, 3.05) is 13.2 Å². The summed E-state index contributed by atoms with van der Waals surface area (Å²) in [7, 11) is 0. The van der Waals surface area contributed by atoms with Crippen LogP contribution in [0.25, 0.3) is 0 Å². The number of carbonyl (C=O) groups is 2. The fraction of sp³-hybridized carbons (Fsp3) is 0.391. The Hall–Kier alpha value is -2.30. The highest BCUT2D eigenvalue weighted by Gasteiger charge is 2.57. The van der Waals surface area contributed by atoms with Gasteiger partial charge in [-0.3, -0.25) is 9.59 Å². The molecule has 2 aromatic rings. The lowest BCUT2D eigenvalue weighted by atomic mass is 9.79. The number of ketones is 2. The van der Waals surface area contributed by atoms with Crippen molar-refractivity contribution in [3.8, 4) is 0 Å². The SMILES string of the molecule is O=C1C(=O)[C@@H]2C[C@H]1[C@H](COCc1ccccc1)[C@@H]2COCc1ccccc1. The third-order valence-corrected chi connectivity index (χ3v) is 5.85. The summed E-state index contributed by atoms with van der Waals surface area (Å²) >= 11 is 0. The van der Waals surface area contributed by atoms with Crippen LogP contribution in [-0.4, -0.2) is 24.8 Å². The van der Waals surface area contributed by atoms with Gasteiger partial charge < -0.3 is 9.47 Å². The Labute approximate surface area is 159 Å². The molecule has 2 aliphatic carbocycles. The van der Waals surface area contributed by atoms with Gasteiger partial charge in [0.05, 0.1) is 26.4 Å². The quantitative estimate of drug-likeness (QED) is 0.674. The van der Waals surface area contributed by atoms with Crippen molar-refractivity contribution in [3.63, 3.8) is 0 Å². The van der Waals surface area contributed by atoms with E-state index in [4.69, 9.17) is 9.47 Å². The minimum atomic E-state index is -0.201. The summed E-state index contributed by atoms with van der Waals surface area (Å²) in [5, 5.41) is 0. The molecule has 0 radical (unpaired) electrons. The van der Waals surface area contributed by atoms with E-state index in [2.05, 4.69) is 0 Å². The van der Waals surface area contributed by atoms with Crippen LogP contribution in [0, 0.1) is 23.7 Å². The van der Waals surface area contributed by atoms with E-state index in [1.54, 1.807) is 0 Å². The molecule has 2 aliphatic rings. The molecule has 27 heavy (non-hydrogen) atoms. The second kappa shape index (κ2) is 8.15. The van der Waals surface area contributed by atoms with Gasteiger partial charge in [-0.05, 0) is 29.4 Å². The fourth-order valence-electron chi connectivity index (χ4n) is 4.44. The van der Waals surface area contributed by atoms with E-state index in [0.717, 1.165) is 11.1 Å². The molecule has 0 aliphatic heterocycles. The molecule has 140 valence electrons. The predicted octanol–water partition coefficient (Wildman–Crippen LogP) is 3.44. The second-order valence-electron chi connectivity index (χ2n) is 7.51. The van der Waals surface area contributed by atoms with Crippen LogP contribution in [0.5, 0.6) is 0 Å². The first-order chi connectivity index (χ1) is 13.2. The van der Waals surface area contributed by atoms with Crippen LogP contribution in [-0.2, 0) is 32.3 Å². The Balaban J connectivity index is 1.35. The van der Waals surface area contributed by atoms with Gasteiger partial charge in [-0.15, -0.1) is 0 Å². The van der Waals surface area contributed by atoms with Crippen LogP contribution in [0.1, 0.15) is 17.5 Å². The maximum absolute atomic E-state index is 12.2. The van der Waals surface area contributed by atoms with E-state index >= 15 is 0 Å². The molecule has 2 aromatic carbocycles. The Morgan fingerprint density at radius 1 is 0.667 bits per heavy atom. The maximum atomic E-state index is 12.2. The van der Waals surface area contributed by atoms with Gasteiger partial charge in [0.25, 0.3) is 0 Å². The largest absolute Gasteiger partial charge is 0.376 e. The van der Waals surface area contributed by atoms with E-state index in [1.165, 1.54) is 0 Å². The molecule has 0 saturated heterocycles. The topological polar surface area (TPSA) is 52.6 Å². The second-order valence-corrected chi connectivity index (χ2v) is 7.51. The molecular weight excluding hydrogens is 340 g/mol. The summed E-state index contributed by atoms with van der Waals surface area (Å²) in [4.78, 5) is 24.4. The van der Waals surface area contributed by atoms with Crippen molar-refractivity contribution in [2.24, 2.45) is 23.7 Å². The molecule has 0 unspecified atom stereocenters. The lowest BCUT2D eigenvalue weighted by molar-refractivity contribution is -0.143. The summed E-state index contributed by atoms with van der Waals surface area (Å²) in [6.45, 7) is 2.03. The van der Waals surface area contributed by atoms with Crippen molar-refractivity contribution in [1.29, 1.82) is 0 Å². The van der Waals surface area contributed by atoms with E-state index in [9.17, 15) is 9.59 Å². The summed E-state index contributed by atoms with van der Waals surface area (Å²) in [5.41, 5.74) is 2.22. The Morgan fingerprint density at radius 3 is 1.48 bits per heavy atom. The Kier molecular flexibility index (Phi) is 5.46. The zero-order valence-electron chi connectivity index (χ0n) is 15.3. The summed E-state index contributed by atoms with van der Waals surface area (Å²) in [6, 6.07) is 20.0. The van der Waals surface area contributed by atoms with Crippen molar-refractivity contribution in [2.45, 2.75) is 19.6 Å². The molecule has 2 saturated carbocycles. The van der Waals surface area contributed by atoms with Gasteiger partial charge in [-0.25, -0.2) is 0 Å². The molecule has 0 amide bonds. The average molecular weight is 364 g/mol. The van der Waals surface area contributed by atoms with Crippen LogP contribution in [0.15, 0.2) is 60.7 Å². The standard InChI is InChI=1S/C23H24O4/c24-22-18-11-19(23(22)25)21(15-27-13-17-9-5-2-6-10-17)20(18)14-26-12-16-7-3-1-4-8-16/h1-10,18-21H,11-15H2/t18-,19+,20-,21+. The summed E-state index contributed by atoms with van der Waals surface area (Å²) < 4.78 is 11.8. The Bertz CT molecular complexity index is 719. The number of fused-ring (bicyclic) bond motifs is 2. The molecule has 4 atom stereocenters. The average Bonchev–Trinajstić information content (AvgIpc) is 3.20. The molecule has 0 spiro atoms. The van der Waals surface area contributed by atoms with Gasteiger partial charge in [0.1, 0.15) is 0 Å². The fourth-order valence-corrected chi connectivity index (χ4v) is 4.44. The minimum absolute atomic E-state index is 0.0692. The number of rotatable bonds is 8. The summed E-state index contributed by atoms with van der Waals surface area (Å²) in [6.07, 6.45) is 0.663. The Morgan fingerprint density at radius 2 is 1.07 bits per heavy atom. The van der Waals surface area contributed by atoms with Gasteiger partial charge >= 0.3 is 0 Å². The number of hydrogen-bond donors (Lipinski definition) is 0. The monoisotopic (exact) mass is 364 g/mol. The molecule has 0 heterocycles. The predicted molar refractivity (Wildman–Crippen MR) is 101 cm³/mol. The smallest absolute Gasteiger partial charge is 0.202 e. The van der Waals surface area contributed by atoms with E-state index in [1.807, 2.05) is 60.7 Å². The molecule has 0 N–H and O–H groups in total. The molecular formula is C23H24O4. The van der Waals surface area contributed by atoms with Gasteiger partial charge in [0.2, 0.25) is 11.6 Å². The zero-order valence-corrected chi connectivity index (χ0v) is 15.3. The van der Waals surface area contributed by atoms with Crippen LogP contribution < -0.4 is 0 Å². The zero-order chi connectivity index (χ0) is 18.6. The third kappa shape index (κ3) is 3.87. The lowest BCUT2D eigenvalue weighted by Crippen LogP contribution is -2.39. The van der Waals surface area contributed by atoms with Crippen LogP contribution in [0.2, 0.25) is 0 Å². The van der Waals surface area contributed by atoms with Crippen molar-refractivity contribution in [3.05, 3.63) is 71.8 Å². The maximum Gasteiger partial charge on any atom is 0.202 e. The molecule has 0 aromatic heterocycles. The van der Waals surface area contributed by atoms with Crippen molar-refractivity contribution < 1.29 is 19.1 Å². The number of ether oxygens (including phenoxy) is 2. The van der Waals surface area contributed by atoms with Crippen LogP contribution >= 0.6 is 0 Å². The van der Waals surface area contributed by atoms with Gasteiger partial charge in [0.15, 0.2) is 0 Å². The van der Waals surface area contributed by atoms with E-state index in [0.29, 0.717) is 32.8 Å². The van der Waals surface area contributed by atoms with Crippen LogP contribution in [0.4, 0.5) is 0 Å².